The first-order chi connectivity index (χ1) is 20.5. The van der Waals surface area contributed by atoms with E-state index in [1.165, 1.54) is 43.7 Å². The highest BCUT2D eigenvalue weighted by atomic mass is 19.1. The smallest absolute Gasteiger partial charge is 0.248 e. The fourth-order valence-electron chi connectivity index (χ4n) is 4.86. The van der Waals surface area contributed by atoms with Gasteiger partial charge >= 0.3 is 0 Å². The van der Waals surface area contributed by atoms with E-state index in [9.17, 15) is 14.4 Å². The first-order valence-electron chi connectivity index (χ1n) is 14.0. The number of nitrogens with one attached hydrogen (secondary N) is 2. The predicted molar refractivity (Wildman–Crippen MR) is 162 cm³/mol. The lowest BCUT2D eigenvalue weighted by atomic mass is 10.1. The van der Waals surface area contributed by atoms with Gasteiger partial charge in [-0.25, -0.2) is 4.39 Å². The summed E-state index contributed by atoms with van der Waals surface area (Å²) in [6.07, 6.45) is 8.46. The van der Waals surface area contributed by atoms with E-state index < -0.39 is 5.82 Å². The SMILES string of the molecule is CCOc1cc2ncc(C#N)c(Nc3ccc(Oc4ccccc4)c(F)c3)c2cc1NC(=O)/C=C/CN1CCCCC1. The Balaban J connectivity index is 1.41. The number of anilines is 3. The van der Waals surface area contributed by atoms with E-state index in [0.717, 1.165) is 19.6 Å². The van der Waals surface area contributed by atoms with Crippen LogP contribution in [0.4, 0.5) is 21.5 Å². The maximum Gasteiger partial charge on any atom is 0.248 e. The van der Waals surface area contributed by atoms with E-state index in [1.807, 2.05) is 19.1 Å². The number of pyridine rings is 1. The van der Waals surface area contributed by atoms with E-state index in [2.05, 4.69) is 26.6 Å². The number of hydrogen-bond acceptors (Lipinski definition) is 7. The number of aromatic nitrogens is 1. The zero-order valence-electron chi connectivity index (χ0n) is 23.4. The van der Waals surface area contributed by atoms with Crippen LogP contribution in [0.1, 0.15) is 31.7 Å². The fourth-order valence-corrected chi connectivity index (χ4v) is 4.86. The molecule has 3 aromatic carbocycles. The maximum absolute atomic E-state index is 15.0. The van der Waals surface area contributed by atoms with E-state index in [-0.39, 0.29) is 17.2 Å². The monoisotopic (exact) mass is 565 g/mol. The largest absolute Gasteiger partial charge is 0.492 e. The molecule has 8 nitrogen and oxygen atoms in total. The van der Waals surface area contributed by atoms with Crippen molar-refractivity contribution >= 4 is 33.9 Å². The Morgan fingerprint density at radius 2 is 1.90 bits per heavy atom. The van der Waals surface area contributed by atoms with Crippen molar-refractivity contribution in [3.05, 3.63) is 90.4 Å². The Kier molecular flexibility index (Phi) is 9.27. The Labute approximate surface area is 244 Å². The molecule has 2 heterocycles. The van der Waals surface area contributed by atoms with Crippen LogP contribution in [0, 0.1) is 17.1 Å². The van der Waals surface area contributed by atoms with E-state index in [1.54, 1.807) is 42.5 Å². The number of amides is 1. The van der Waals surface area contributed by atoms with Gasteiger partial charge in [0.2, 0.25) is 5.91 Å². The molecule has 5 rings (SSSR count). The Morgan fingerprint density at radius 3 is 2.64 bits per heavy atom. The molecule has 9 heteroatoms. The van der Waals surface area contributed by atoms with Gasteiger partial charge in [-0.3, -0.25) is 14.7 Å². The minimum absolute atomic E-state index is 0.0755. The number of piperidine rings is 1. The average Bonchev–Trinajstić information content (AvgIpc) is 3.00. The molecule has 0 atom stereocenters. The number of nitrogens with zero attached hydrogens (tertiary/aromatic N) is 3. The van der Waals surface area contributed by atoms with Gasteiger partial charge in [0.05, 0.1) is 29.1 Å². The molecule has 0 saturated carbocycles. The average molecular weight is 566 g/mol. The lowest BCUT2D eigenvalue weighted by Gasteiger charge is -2.24. The third-order valence-corrected chi connectivity index (χ3v) is 6.90. The second kappa shape index (κ2) is 13.6. The highest BCUT2D eigenvalue weighted by Crippen LogP contribution is 2.37. The lowest BCUT2D eigenvalue weighted by Crippen LogP contribution is -2.29. The number of ether oxygens (including phenoxy) is 2. The molecule has 1 saturated heterocycles. The van der Waals surface area contributed by atoms with Crippen LogP contribution in [0.15, 0.2) is 79.0 Å². The number of carbonyl (C=O) groups excluding carboxylic acids is 1. The highest BCUT2D eigenvalue weighted by molar-refractivity contribution is 6.04. The molecule has 0 bridgehead atoms. The van der Waals surface area contributed by atoms with Gasteiger partial charge in [0.15, 0.2) is 11.6 Å². The molecule has 42 heavy (non-hydrogen) atoms. The Morgan fingerprint density at radius 1 is 1.10 bits per heavy atom. The number of carbonyl (C=O) groups is 1. The lowest BCUT2D eigenvalue weighted by molar-refractivity contribution is -0.111. The summed E-state index contributed by atoms with van der Waals surface area (Å²) >= 11 is 0. The van der Waals surface area contributed by atoms with E-state index in [0.29, 0.717) is 46.1 Å². The van der Waals surface area contributed by atoms with Gasteiger partial charge in [0.25, 0.3) is 0 Å². The third-order valence-electron chi connectivity index (χ3n) is 6.90. The van der Waals surface area contributed by atoms with Crippen LogP contribution in [-0.2, 0) is 4.79 Å². The second-order valence-corrected chi connectivity index (χ2v) is 9.90. The van der Waals surface area contributed by atoms with Gasteiger partial charge in [0, 0.05) is 42.0 Å². The van der Waals surface area contributed by atoms with Crippen molar-refractivity contribution in [2.24, 2.45) is 0 Å². The second-order valence-electron chi connectivity index (χ2n) is 9.90. The molecule has 0 radical (unpaired) electrons. The van der Waals surface area contributed by atoms with Crippen LogP contribution in [0.25, 0.3) is 10.9 Å². The summed E-state index contributed by atoms with van der Waals surface area (Å²) in [7, 11) is 0. The molecular formula is C33H32FN5O3. The van der Waals surface area contributed by atoms with Gasteiger partial charge in [-0.15, -0.1) is 0 Å². The molecule has 0 spiro atoms. The molecule has 1 fully saturated rings. The van der Waals surface area contributed by atoms with Gasteiger partial charge in [0.1, 0.15) is 17.6 Å². The topological polar surface area (TPSA) is 99.5 Å². The number of nitriles is 1. The van der Waals surface area contributed by atoms with Crippen molar-refractivity contribution in [2.45, 2.75) is 26.2 Å². The zero-order chi connectivity index (χ0) is 29.3. The number of para-hydroxylation sites is 1. The first-order valence-corrected chi connectivity index (χ1v) is 14.0. The minimum Gasteiger partial charge on any atom is -0.492 e. The zero-order valence-corrected chi connectivity index (χ0v) is 23.4. The first kappa shape index (κ1) is 28.6. The Hall–Kier alpha value is -4.94. The number of halogens is 1. The number of rotatable bonds is 10. The van der Waals surface area contributed by atoms with Crippen molar-refractivity contribution in [1.29, 1.82) is 5.26 Å². The van der Waals surface area contributed by atoms with Gasteiger partial charge in [-0.2, -0.15) is 5.26 Å². The standard InChI is InChI=1S/C33H32FN5O3/c1-2-41-31-20-28-26(19-29(31)38-32(40)12-9-17-39-15-7-4-8-16-39)33(23(21-35)22-36-28)37-24-13-14-30(27(34)18-24)42-25-10-5-3-6-11-25/h3,5-6,9-14,18-20,22H,2,4,7-8,15-17H2,1H3,(H,36,37)(H,38,40)/b12-9+. The third kappa shape index (κ3) is 7.03. The molecule has 1 aromatic heterocycles. The summed E-state index contributed by atoms with van der Waals surface area (Å²) < 4.78 is 26.4. The van der Waals surface area contributed by atoms with Crippen LogP contribution >= 0.6 is 0 Å². The van der Waals surface area contributed by atoms with Crippen molar-refractivity contribution in [3.63, 3.8) is 0 Å². The maximum atomic E-state index is 15.0. The van der Waals surface area contributed by atoms with Crippen molar-refractivity contribution < 1.29 is 18.7 Å². The number of fused-ring (bicyclic) bond motifs is 1. The van der Waals surface area contributed by atoms with Crippen LogP contribution < -0.4 is 20.1 Å². The van der Waals surface area contributed by atoms with Crippen LogP contribution in [-0.4, -0.2) is 42.0 Å². The highest BCUT2D eigenvalue weighted by Gasteiger charge is 2.16. The van der Waals surface area contributed by atoms with Crippen LogP contribution in [0.3, 0.4) is 0 Å². The normalized spacial score (nSPS) is 13.5. The van der Waals surface area contributed by atoms with Crippen LogP contribution in [0.5, 0.6) is 17.2 Å². The summed E-state index contributed by atoms with van der Waals surface area (Å²) in [6, 6.07) is 19.0. The Bertz CT molecular complexity index is 1630. The number of hydrogen-bond donors (Lipinski definition) is 2. The van der Waals surface area contributed by atoms with Gasteiger partial charge in [-0.05, 0) is 63.2 Å². The molecule has 1 amide bonds. The number of likely N-dealkylation sites (tertiary alicyclic amines) is 1. The minimum atomic E-state index is -0.566. The van der Waals surface area contributed by atoms with Gasteiger partial charge < -0.3 is 20.1 Å². The molecule has 1 aliphatic rings. The van der Waals surface area contributed by atoms with E-state index >= 15 is 0 Å². The van der Waals surface area contributed by atoms with Gasteiger partial charge in [-0.1, -0.05) is 30.7 Å². The van der Waals surface area contributed by atoms with Crippen LogP contribution in [0.2, 0.25) is 0 Å². The van der Waals surface area contributed by atoms with Crippen molar-refractivity contribution in [1.82, 2.24) is 9.88 Å². The molecule has 0 unspecified atom stereocenters. The van der Waals surface area contributed by atoms with E-state index in [4.69, 9.17) is 9.47 Å². The summed E-state index contributed by atoms with van der Waals surface area (Å²) in [6.45, 7) is 5.05. The quantitative estimate of drug-likeness (QED) is 0.197. The molecule has 214 valence electrons. The molecular weight excluding hydrogens is 533 g/mol. The molecule has 1 aliphatic heterocycles. The summed E-state index contributed by atoms with van der Waals surface area (Å²) in [5.74, 6) is 0.196. The predicted octanol–water partition coefficient (Wildman–Crippen LogP) is 7.16. The summed E-state index contributed by atoms with van der Waals surface area (Å²) in [5, 5.41) is 16.5. The molecule has 2 N–H and O–H groups in total. The molecule has 4 aromatic rings. The summed E-state index contributed by atoms with van der Waals surface area (Å²) in [5.41, 5.74) is 2.09. The summed E-state index contributed by atoms with van der Waals surface area (Å²) in [4.78, 5) is 19.6. The molecule has 0 aliphatic carbocycles. The fraction of sp³-hybridized carbons (Fsp3) is 0.242. The van der Waals surface area contributed by atoms with Crippen molar-refractivity contribution in [3.8, 4) is 23.3 Å². The number of benzene rings is 3. The van der Waals surface area contributed by atoms with Crippen molar-refractivity contribution in [2.75, 3.05) is 36.9 Å².